The summed E-state index contributed by atoms with van der Waals surface area (Å²) in [6.07, 6.45) is -0.774. The number of hydrogen-bond acceptors (Lipinski definition) is 7. The average molecular weight is 384 g/mol. The molecule has 0 aliphatic carbocycles. The number of methoxy groups -OCH3 is 3. The van der Waals surface area contributed by atoms with Gasteiger partial charge in [0.25, 0.3) is 5.56 Å². The summed E-state index contributed by atoms with van der Waals surface area (Å²) in [5, 5.41) is 0.467. The van der Waals surface area contributed by atoms with Crippen LogP contribution in [0.2, 0.25) is 0 Å². The molecule has 1 atom stereocenters. The number of hydrogen-bond donors (Lipinski definition) is 1. The second kappa shape index (κ2) is 7.99. The molecule has 1 heterocycles. The highest BCUT2D eigenvalue weighted by Gasteiger charge is 2.21. The minimum atomic E-state index is -0.774. The van der Waals surface area contributed by atoms with Crippen LogP contribution in [-0.2, 0) is 4.74 Å². The van der Waals surface area contributed by atoms with Crippen molar-refractivity contribution in [3.63, 3.8) is 0 Å². The third-order valence-corrected chi connectivity index (χ3v) is 4.20. The van der Waals surface area contributed by atoms with Crippen LogP contribution in [0, 0.1) is 0 Å². The number of ether oxygens (including phenoxy) is 4. The lowest BCUT2D eigenvalue weighted by Gasteiger charge is -2.16. The topological polar surface area (TPSA) is 99.7 Å². The zero-order chi connectivity index (χ0) is 20.3. The number of aromatic nitrogens is 2. The summed E-state index contributed by atoms with van der Waals surface area (Å²) in [5.74, 6) is 0.666. The van der Waals surface area contributed by atoms with Crippen LogP contribution < -0.4 is 19.8 Å². The summed E-state index contributed by atoms with van der Waals surface area (Å²) >= 11 is 0. The van der Waals surface area contributed by atoms with Crippen LogP contribution in [0.3, 0.4) is 0 Å². The highest BCUT2D eigenvalue weighted by atomic mass is 16.5. The fourth-order valence-corrected chi connectivity index (χ4v) is 2.78. The fourth-order valence-electron chi connectivity index (χ4n) is 2.78. The van der Waals surface area contributed by atoms with Gasteiger partial charge in [-0.3, -0.25) is 4.79 Å². The summed E-state index contributed by atoms with van der Waals surface area (Å²) in [6.45, 7) is 1.63. The van der Waals surface area contributed by atoms with Crippen LogP contribution >= 0.6 is 0 Å². The number of benzene rings is 2. The Hall–Kier alpha value is -3.55. The maximum absolute atomic E-state index is 12.6. The largest absolute Gasteiger partial charge is 0.493 e. The smallest absolute Gasteiger partial charge is 0.339 e. The first-order valence-corrected chi connectivity index (χ1v) is 8.48. The van der Waals surface area contributed by atoms with E-state index in [-0.39, 0.29) is 16.9 Å². The third kappa shape index (κ3) is 3.62. The van der Waals surface area contributed by atoms with Gasteiger partial charge in [-0.25, -0.2) is 9.78 Å². The summed E-state index contributed by atoms with van der Waals surface area (Å²) in [7, 11) is 4.39. The minimum absolute atomic E-state index is 0.212. The van der Waals surface area contributed by atoms with Gasteiger partial charge in [0.15, 0.2) is 23.4 Å². The number of H-pyrrole nitrogens is 1. The highest BCUT2D eigenvalue weighted by Crippen LogP contribution is 2.38. The number of nitrogens with one attached hydrogen (secondary N) is 1. The number of aromatic amines is 1. The Labute approximate surface area is 161 Å². The molecular formula is C20H20N2O6. The molecule has 0 spiro atoms. The average Bonchev–Trinajstić information content (AvgIpc) is 2.72. The first kappa shape index (κ1) is 19.2. The molecule has 0 amide bonds. The van der Waals surface area contributed by atoms with E-state index in [1.165, 1.54) is 33.5 Å². The van der Waals surface area contributed by atoms with E-state index < -0.39 is 12.1 Å². The van der Waals surface area contributed by atoms with Crippen molar-refractivity contribution in [2.45, 2.75) is 13.0 Å². The molecule has 0 saturated carbocycles. The molecule has 0 fully saturated rings. The first-order valence-electron chi connectivity index (χ1n) is 8.48. The Bertz CT molecular complexity index is 1050. The predicted octanol–water partition coefficient (Wildman–Crippen LogP) is 2.87. The summed E-state index contributed by atoms with van der Waals surface area (Å²) in [6, 6.07) is 9.93. The number of esters is 1. The minimum Gasteiger partial charge on any atom is -0.493 e. The Balaban J connectivity index is 1.90. The maximum Gasteiger partial charge on any atom is 0.339 e. The molecule has 3 aromatic rings. The molecule has 146 valence electrons. The van der Waals surface area contributed by atoms with Gasteiger partial charge < -0.3 is 23.9 Å². The Morgan fingerprint density at radius 2 is 1.68 bits per heavy atom. The van der Waals surface area contributed by atoms with Gasteiger partial charge in [-0.1, -0.05) is 12.1 Å². The predicted molar refractivity (Wildman–Crippen MR) is 102 cm³/mol. The second-order valence-corrected chi connectivity index (χ2v) is 5.93. The van der Waals surface area contributed by atoms with Crippen molar-refractivity contribution in [3.8, 4) is 17.2 Å². The number of fused-ring (bicyclic) bond motifs is 1. The molecule has 1 aromatic heterocycles. The second-order valence-electron chi connectivity index (χ2n) is 5.93. The molecule has 1 N–H and O–H groups in total. The molecular weight excluding hydrogens is 364 g/mol. The lowest BCUT2D eigenvalue weighted by Crippen LogP contribution is -2.17. The van der Waals surface area contributed by atoms with Crippen molar-refractivity contribution >= 4 is 16.9 Å². The van der Waals surface area contributed by atoms with Crippen molar-refractivity contribution < 1.29 is 23.7 Å². The molecule has 3 rings (SSSR count). The van der Waals surface area contributed by atoms with Crippen LogP contribution in [0.25, 0.3) is 10.9 Å². The summed E-state index contributed by atoms with van der Waals surface area (Å²) in [4.78, 5) is 31.9. The molecule has 0 saturated heterocycles. The number of rotatable bonds is 6. The van der Waals surface area contributed by atoms with E-state index in [0.29, 0.717) is 28.2 Å². The number of para-hydroxylation sites is 1. The Kier molecular flexibility index (Phi) is 5.49. The van der Waals surface area contributed by atoms with Gasteiger partial charge in [-0.2, -0.15) is 0 Å². The third-order valence-electron chi connectivity index (χ3n) is 4.20. The molecule has 8 heteroatoms. The lowest BCUT2D eigenvalue weighted by atomic mass is 10.2. The number of carbonyl (C=O) groups excluding carboxylic acids is 1. The molecule has 28 heavy (non-hydrogen) atoms. The normalized spacial score (nSPS) is 11.7. The van der Waals surface area contributed by atoms with Crippen LogP contribution in [0.15, 0.2) is 41.2 Å². The molecule has 0 unspecified atom stereocenters. The molecule has 0 aliphatic heterocycles. The molecule has 0 bridgehead atoms. The van der Waals surface area contributed by atoms with Crippen molar-refractivity contribution in [3.05, 3.63) is 58.1 Å². The van der Waals surface area contributed by atoms with E-state index in [2.05, 4.69) is 9.97 Å². The lowest BCUT2D eigenvalue weighted by molar-refractivity contribution is 0.0319. The van der Waals surface area contributed by atoms with Gasteiger partial charge in [0.1, 0.15) is 0 Å². The summed E-state index contributed by atoms with van der Waals surface area (Å²) in [5.41, 5.74) is 0.442. The van der Waals surface area contributed by atoms with Crippen molar-refractivity contribution in [1.29, 1.82) is 0 Å². The van der Waals surface area contributed by atoms with Gasteiger partial charge in [0.2, 0.25) is 5.75 Å². The van der Waals surface area contributed by atoms with Crippen LogP contribution in [0.1, 0.15) is 29.2 Å². The molecule has 0 radical (unpaired) electrons. The van der Waals surface area contributed by atoms with E-state index in [9.17, 15) is 9.59 Å². The zero-order valence-corrected chi connectivity index (χ0v) is 15.9. The SMILES string of the molecule is COc1cc(C(=O)O[C@H](C)c2nc3ccccc3c(=O)[nH]2)cc(OC)c1OC. The standard InChI is InChI=1S/C20H20N2O6/c1-11(18-21-14-8-6-5-7-13(14)19(23)22-18)28-20(24)12-9-15(25-2)17(27-4)16(10-12)26-3/h5-11H,1-4H3,(H,21,22,23)/t11-/m1/s1. The van der Waals surface area contributed by atoms with E-state index in [4.69, 9.17) is 18.9 Å². The van der Waals surface area contributed by atoms with E-state index in [1.807, 2.05) is 0 Å². The van der Waals surface area contributed by atoms with Crippen LogP contribution in [0.4, 0.5) is 0 Å². The number of carbonyl (C=O) groups is 1. The van der Waals surface area contributed by atoms with Crippen molar-refractivity contribution in [1.82, 2.24) is 9.97 Å². The quantitative estimate of drug-likeness (QED) is 0.652. The number of nitrogens with zero attached hydrogens (tertiary/aromatic N) is 1. The molecule has 2 aromatic carbocycles. The van der Waals surface area contributed by atoms with Crippen LogP contribution in [-0.4, -0.2) is 37.3 Å². The monoisotopic (exact) mass is 384 g/mol. The molecule has 8 nitrogen and oxygen atoms in total. The first-order chi connectivity index (χ1) is 13.5. The Morgan fingerprint density at radius 3 is 2.29 bits per heavy atom. The van der Waals surface area contributed by atoms with E-state index >= 15 is 0 Å². The van der Waals surface area contributed by atoms with Gasteiger partial charge >= 0.3 is 5.97 Å². The molecule has 0 aliphatic rings. The van der Waals surface area contributed by atoms with E-state index in [1.54, 1.807) is 31.2 Å². The highest BCUT2D eigenvalue weighted by molar-refractivity contribution is 5.91. The van der Waals surface area contributed by atoms with Gasteiger partial charge in [-0.15, -0.1) is 0 Å². The van der Waals surface area contributed by atoms with Crippen molar-refractivity contribution in [2.75, 3.05) is 21.3 Å². The fraction of sp³-hybridized carbons (Fsp3) is 0.250. The van der Waals surface area contributed by atoms with Gasteiger partial charge in [0.05, 0.1) is 37.8 Å². The van der Waals surface area contributed by atoms with Crippen molar-refractivity contribution in [2.24, 2.45) is 0 Å². The summed E-state index contributed by atoms with van der Waals surface area (Å²) < 4.78 is 21.2. The maximum atomic E-state index is 12.6. The van der Waals surface area contributed by atoms with Gasteiger partial charge in [-0.05, 0) is 31.2 Å². The van der Waals surface area contributed by atoms with E-state index in [0.717, 1.165) is 0 Å². The Morgan fingerprint density at radius 1 is 1.04 bits per heavy atom. The zero-order valence-electron chi connectivity index (χ0n) is 15.9. The van der Waals surface area contributed by atoms with Gasteiger partial charge in [0, 0.05) is 0 Å². The van der Waals surface area contributed by atoms with Crippen LogP contribution in [0.5, 0.6) is 17.2 Å².